The Bertz CT molecular complexity index is 548. The highest BCUT2D eigenvalue weighted by Gasteiger charge is 2.19. The van der Waals surface area contributed by atoms with Crippen LogP contribution in [0.15, 0.2) is 59.1 Å². The third kappa shape index (κ3) is 3.54. The molecule has 0 aromatic heterocycles. The summed E-state index contributed by atoms with van der Waals surface area (Å²) in [5.41, 5.74) is 2.17. The summed E-state index contributed by atoms with van der Waals surface area (Å²) in [7, 11) is 0. The number of benzene rings is 2. The summed E-state index contributed by atoms with van der Waals surface area (Å²) < 4.78 is 1.01. The van der Waals surface area contributed by atoms with Gasteiger partial charge in [0.15, 0.2) is 0 Å². The highest BCUT2D eigenvalue weighted by atomic mass is 79.9. The molecule has 0 amide bonds. The Labute approximate surface area is 122 Å². The smallest absolute Gasteiger partial charge is 0.144 e. The summed E-state index contributed by atoms with van der Waals surface area (Å²) in [6, 6.07) is 17.9. The van der Waals surface area contributed by atoms with Gasteiger partial charge in [0.2, 0.25) is 0 Å². The van der Waals surface area contributed by atoms with Gasteiger partial charge in [0.25, 0.3) is 0 Å². The number of halogens is 1. The molecule has 0 saturated heterocycles. The second-order valence-electron chi connectivity index (χ2n) is 4.61. The molecule has 0 aliphatic carbocycles. The van der Waals surface area contributed by atoms with Crippen LogP contribution in [-0.2, 0) is 11.2 Å². The van der Waals surface area contributed by atoms with Crippen LogP contribution in [0, 0.1) is 0 Å². The summed E-state index contributed by atoms with van der Waals surface area (Å²) >= 11 is 3.50. The van der Waals surface area contributed by atoms with E-state index in [0.717, 1.165) is 22.0 Å². The first kappa shape index (κ1) is 14.0. The molecule has 0 heterocycles. The highest BCUT2D eigenvalue weighted by Crippen LogP contribution is 2.24. The number of rotatable bonds is 5. The van der Waals surface area contributed by atoms with Crippen molar-refractivity contribution in [2.75, 3.05) is 0 Å². The van der Waals surface area contributed by atoms with Crippen molar-refractivity contribution < 1.29 is 4.79 Å². The van der Waals surface area contributed by atoms with E-state index in [1.54, 1.807) is 0 Å². The number of carbonyl (C=O) groups excluding carboxylic acids is 1. The fraction of sp³-hybridized carbons (Fsp3) is 0.235. The van der Waals surface area contributed by atoms with Crippen LogP contribution in [0.25, 0.3) is 0 Å². The van der Waals surface area contributed by atoms with E-state index in [-0.39, 0.29) is 11.7 Å². The zero-order valence-electron chi connectivity index (χ0n) is 11.0. The first-order valence-electron chi connectivity index (χ1n) is 6.53. The Morgan fingerprint density at radius 3 is 2.32 bits per heavy atom. The molecule has 2 aromatic carbocycles. The molecule has 1 atom stereocenters. The Morgan fingerprint density at radius 2 is 1.68 bits per heavy atom. The summed E-state index contributed by atoms with van der Waals surface area (Å²) in [6.45, 7) is 2.07. The molecular weight excluding hydrogens is 300 g/mol. The van der Waals surface area contributed by atoms with Crippen molar-refractivity contribution in [1.82, 2.24) is 0 Å². The molecule has 1 unspecified atom stereocenters. The molecule has 0 fully saturated rings. The molecule has 0 radical (unpaired) electrons. The van der Waals surface area contributed by atoms with Crippen molar-refractivity contribution in [1.29, 1.82) is 0 Å². The van der Waals surface area contributed by atoms with E-state index in [0.29, 0.717) is 6.42 Å². The molecule has 0 N–H and O–H groups in total. The lowest BCUT2D eigenvalue weighted by atomic mass is 9.89. The van der Waals surface area contributed by atoms with Gasteiger partial charge in [-0.15, -0.1) is 0 Å². The van der Waals surface area contributed by atoms with Crippen LogP contribution >= 0.6 is 15.9 Å². The van der Waals surface area contributed by atoms with E-state index in [9.17, 15) is 4.79 Å². The van der Waals surface area contributed by atoms with E-state index >= 15 is 0 Å². The standard InChI is InChI=1S/C17H17BrO/c1-2-15(13-8-4-3-5-9-13)17(19)12-14-10-6-7-11-16(14)18/h3-11,15H,2,12H2,1H3. The van der Waals surface area contributed by atoms with Gasteiger partial charge < -0.3 is 0 Å². The topological polar surface area (TPSA) is 17.1 Å². The van der Waals surface area contributed by atoms with Crippen molar-refractivity contribution in [2.45, 2.75) is 25.7 Å². The Kier molecular flexibility index (Phi) is 4.92. The van der Waals surface area contributed by atoms with Crippen LogP contribution in [-0.4, -0.2) is 5.78 Å². The SMILES string of the molecule is CCC(C(=O)Cc1ccccc1Br)c1ccccc1. The molecule has 2 rings (SSSR count). The van der Waals surface area contributed by atoms with Gasteiger partial charge in [-0.1, -0.05) is 71.4 Å². The molecule has 1 nitrogen and oxygen atoms in total. The average molecular weight is 317 g/mol. The van der Waals surface area contributed by atoms with Crippen LogP contribution in [0.5, 0.6) is 0 Å². The molecule has 0 aliphatic rings. The molecule has 98 valence electrons. The van der Waals surface area contributed by atoms with E-state index in [4.69, 9.17) is 0 Å². The van der Waals surface area contributed by atoms with E-state index in [2.05, 4.69) is 22.9 Å². The van der Waals surface area contributed by atoms with Crippen LogP contribution in [0.1, 0.15) is 30.4 Å². The molecular formula is C17H17BrO. The van der Waals surface area contributed by atoms with Gasteiger partial charge in [-0.25, -0.2) is 0 Å². The Morgan fingerprint density at radius 1 is 1.05 bits per heavy atom. The zero-order chi connectivity index (χ0) is 13.7. The van der Waals surface area contributed by atoms with Crippen molar-refractivity contribution in [3.63, 3.8) is 0 Å². The molecule has 0 saturated carbocycles. The lowest BCUT2D eigenvalue weighted by Gasteiger charge is -2.14. The van der Waals surface area contributed by atoms with E-state index < -0.39 is 0 Å². The molecule has 0 aliphatic heterocycles. The third-order valence-electron chi connectivity index (χ3n) is 3.32. The highest BCUT2D eigenvalue weighted by molar-refractivity contribution is 9.10. The first-order valence-corrected chi connectivity index (χ1v) is 7.32. The summed E-state index contributed by atoms with van der Waals surface area (Å²) in [6.07, 6.45) is 1.32. The quantitative estimate of drug-likeness (QED) is 0.777. The molecule has 19 heavy (non-hydrogen) atoms. The number of Topliss-reactive ketones (excluding diaryl/α,β-unsaturated/α-hetero) is 1. The number of carbonyl (C=O) groups is 1. The van der Waals surface area contributed by atoms with Crippen LogP contribution < -0.4 is 0 Å². The minimum absolute atomic E-state index is 0.00620. The lowest BCUT2D eigenvalue weighted by molar-refractivity contribution is -0.119. The maximum atomic E-state index is 12.5. The molecule has 0 spiro atoms. The van der Waals surface area contributed by atoms with Crippen LogP contribution in [0.3, 0.4) is 0 Å². The fourth-order valence-electron chi connectivity index (χ4n) is 2.29. The van der Waals surface area contributed by atoms with Gasteiger partial charge >= 0.3 is 0 Å². The molecule has 2 aromatic rings. The van der Waals surface area contributed by atoms with Gasteiger partial charge in [0, 0.05) is 16.8 Å². The lowest BCUT2D eigenvalue weighted by Crippen LogP contribution is -2.14. The van der Waals surface area contributed by atoms with Gasteiger partial charge in [0.05, 0.1) is 0 Å². The zero-order valence-corrected chi connectivity index (χ0v) is 12.6. The van der Waals surface area contributed by atoms with Crippen molar-refractivity contribution in [3.8, 4) is 0 Å². The summed E-state index contributed by atoms with van der Waals surface area (Å²) in [4.78, 5) is 12.5. The second kappa shape index (κ2) is 6.67. The van der Waals surface area contributed by atoms with Crippen molar-refractivity contribution >= 4 is 21.7 Å². The van der Waals surface area contributed by atoms with Crippen molar-refractivity contribution in [2.24, 2.45) is 0 Å². The van der Waals surface area contributed by atoms with Gasteiger partial charge in [0.1, 0.15) is 5.78 Å². The number of ketones is 1. The molecule has 0 bridgehead atoms. The van der Waals surface area contributed by atoms with Gasteiger partial charge in [-0.2, -0.15) is 0 Å². The average Bonchev–Trinajstić information content (AvgIpc) is 2.43. The van der Waals surface area contributed by atoms with Crippen molar-refractivity contribution in [3.05, 3.63) is 70.2 Å². The van der Waals surface area contributed by atoms with Gasteiger partial charge in [-0.3, -0.25) is 4.79 Å². The minimum Gasteiger partial charge on any atom is -0.299 e. The normalized spacial score (nSPS) is 12.1. The third-order valence-corrected chi connectivity index (χ3v) is 4.09. The monoisotopic (exact) mass is 316 g/mol. The fourth-order valence-corrected chi connectivity index (χ4v) is 2.71. The second-order valence-corrected chi connectivity index (χ2v) is 5.46. The van der Waals surface area contributed by atoms with E-state index in [1.165, 1.54) is 0 Å². The van der Waals surface area contributed by atoms with Gasteiger partial charge in [-0.05, 0) is 23.6 Å². The number of hydrogen-bond acceptors (Lipinski definition) is 1. The predicted octanol–water partition coefficient (Wildman–Crippen LogP) is 4.75. The number of hydrogen-bond donors (Lipinski definition) is 0. The Hall–Kier alpha value is -1.41. The summed E-state index contributed by atoms with van der Waals surface area (Å²) in [5, 5.41) is 0. The summed E-state index contributed by atoms with van der Waals surface area (Å²) in [5.74, 6) is 0.272. The molecule has 2 heteroatoms. The maximum Gasteiger partial charge on any atom is 0.144 e. The Balaban J connectivity index is 2.17. The maximum absolute atomic E-state index is 12.5. The van der Waals surface area contributed by atoms with Crippen LogP contribution in [0.4, 0.5) is 0 Å². The largest absolute Gasteiger partial charge is 0.299 e. The first-order chi connectivity index (χ1) is 9.22. The van der Waals surface area contributed by atoms with E-state index in [1.807, 2.05) is 54.6 Å². The van der Waals surface area contributed by atoms with Crippen LogP contribution in [0.2, 0.25) is 0 Å². The minimum atomic E-state index is -0.00620. The predicted molar refractivity (Wildman–Crippen MR) is 82.3 cm³/mol.